The number of fused-ring (bicyclic) bond motifs is 1. The van der Waals surface area contributed by atoms with Gasteiger partial charge in [0.05, 0.1) is 17.5 Å². The Balaban J connectivity index is 1.78. The summed E-state index contributed by atoms with van der Waals surface area (Å²) >= 11 is 0. The van der Waals surface area contributed by atoms with Crippen molar-refractivity contribution in [3.05, 3.63) is 29.3 Å². The van der Waals surface area contributed by atoms with Crippen LogP contribution < -0.4 is 16.4 Å². The minimum atomic E-state index is -0.478. The maximum absolute atomic E-state index is 14.9. The molecule has 2 aromatic heterocycles. The van der Waals surface area contributed by atoms with Crippen LogP contribution in [-0.2, 0) is 6.54 Å². The molecule has 1 aliphatic carbocycles. The van der Waals surface area contributed by atoms with E-state index in [1.165, 1.54) is 0 Å². The first kappa shape index (κ1) is 15.1. The van der Waals surface area contributed by atoms with Crippen molar-refractivity contribution in [3.8, 4) is 11.3 Å². The summed E-state index contributed by atoms with van der Waals surface area (Å²) in [6, 6.07) is -0.0357. The number of nitrogens with zero attached hydrogens (tertiary/aromatic N) is 2. The Morgan fingerprint density at radius 1 is 1.33 bits per heavy atom. The van der Waals surface area contributed by atoms with Gasteiger partial charge in [-0.3, -0.25) is 9.89 Å². The number of pyridine rings is 1. The molecule has 1 amide bonds. The van der Waals surface area contributed by atoms with Crippen molar-refractivity contribution >= 4 is 11.7 Å². The average molecular weight is 330 g/mol. The van der Waals surface area contributed by atoms with Gasteiger partial charge in [0, 0.05) is 36.0 Å². The lowest BCUT2D eigenvalue weighted by atomic mass is 9.91. The van der Waals surface area contributed by atoms with Gasteiger partial charge in [0.1, 0.15) is 0 Å². The fraction of sp³-hybridized carbons (Fsp3) is 0.438. The van der Waals surface area contributed by atoms with Crippen LogP contribution in [0.4, 0.5) is 10.2 Å². The molecule has 2 aromatic rings. The molecule has 1 saturated carbocycles. The number of halogens is 1. The Morgan fingerprint density at radius 3 is 2.92 bits per heavy atom. The van der Waals surface area contributed by atoms with E-state index in [2.05, 4.69) is 25.8 Å². The number of nitrogens with two attached hydrogens (primary N) is 1. The zero-order valence-corrected chi connectivity index (χ0v) is 13.1. The summed E-state index contributed by atoms with van der Waals surface area (Å²) in [5.41, 5.74) is 7.86. The maximum atomic E-state index is 14.9. The number of anilines is 1. The molecule has 1 aliphatic heterocycles. The van der Waals surface area contributed by atoms with Crippen molar-refractivity contribution in [3.63, 3.8) is 0 Å². The summed E-state index contributed by atoms with van der Waals surface area (Å²) in [5, 5.41) is 12.4. The minimum Gasteiger partial charge on any atom is -0.363 e. The second-order valence-electron chi connectivity index (χ2n) is 6.35. The van der Waals surface area contributed by atoms with Crippen molar-refractivity contribution < 1.29 is 9.18 Å². The monoisotopic (exact) mass is 330 g/mol. The molecule has 5 N–H and O–H groups in total. The molecule has 2 atom stereocenters. The SMILES string of the molecule is NC1CCCCC1Nc1nc(-c2cn[nH]c2)c2c(c1F)CNC2=O. The summed E-state index contributed by atoms with van der Waals surface area (Å²) in [5.74, 6) is -0.634. The first-order valence-electron chi connectivity index (χ1n) is 8.17. The molecule has 4 rings (SSSR count). The molecule has 0 spiro atoms. The Kier molecular flexibility index (Phi) is 3.68. The average Bonchev–Trinajstić information content (AvgIpc) is 3.23. The molecule has 8 heteroatoms. The first-order valence-corrected chi connectivity index (χ1v) is 8.17. The van der Waals surface area contributed by atoms with Gasteiger partial charge in [0.15, 0.2) is 11.6 Å². The zero-order valence-electron chi connectivity index (χ0n) is 13.1. The lowest BCUT2D eigenvalue weighted by Crippen LogP contribution is -2.43. The van der Waals surface area contributed by atoms with E-state index in [0.717, 1.165) is 25.7 Å². The fourth-order valence-corrected chi connectivity index (χ4v) is 3.48. The van der Waals surface area contributed by atoms with Crippen molar-refractivity contribution in [1.82, 2.24) is 20.5 Å². The third-order valence-electron chi connectivity index (χ3n) is 4.80. The van der Waals surface area contributed by atoms with Crippen LogP contribution in [0.5, 0.6) is 0 Å². The minimum absolute atomic E-state index is 0.0129. The van der Waals surface area contributed by atoms with E-state index in [0.29, 0.717) is 16.8 Å². The van der Waals surface area contributed by atoms with Crippen LogP contribution in [0.15, 0.2) is 12.4 Å². The number of nitrogens with one attached hydrogen (secondary N) is 3. The number of aromatic amines is 1. The fourth-order valence-electron chi connectivity index (χ4n) is 3.48. The highest BCUT2D eigenvalue weighted by Crippen LogP contribution is 2.33. The van der Waals surface area contributed by atoms with Crippen LogP contribution in [0.1, 0.15) is 41.6 Å². The molecule has 126 valence electrons. The Morgan fingerprint density at radius 2 is 2.17 bits per heavy atom. The van der Waals surface area contributed by atoms with Gasteiger partial charge in [-0.05, 0) is 12.8 Å². The second-order valence-corrected chi connectivity index (χ2v) is 6.35. The predicted octanol–water partition coefficient (Wildman–Crippen LogP) is 1.54. The number of carbonyl (C=O) groups excluding carboxylic acids is 1. The standard InChI is InChI=1S/C16H19FN6O/c17-13-9-7-19-16(24)12(9)14(8-5-20-21-6-8)23-15(13)22-11-4-2-1-3-10(11)18/h5-6,10-11H,1-4,7,18H2,(H,19,24)(H,20,21)(H,22,23). The molecule has 7 nitrogen and oxygen atoms in total. The lowest BCUT2D eigenvalue weighted by molar-refractivity contribution is 0.0966. The molecule has 3 heterocycles. The molecular weight excluding hydrogens is 311 g/mol. The Labute approximate surface area is 138 Å². The Hall–Kier alpha value is -2.48. The van der Waals surface area contributed by atoms with Gasteiger partial charge in [-0.15, -0.1) is 0 Å². The van der Waals surface area contributed by atoms with Gasteiger partial charge < -0.3 is 16.4 Å². The highest BCUT2D eigenvalue weighted by atomic mass is 19.1. The first-order chi connectivity index (χ1) is 11.6. The van der Waals surface area contributed by atoms with Crippen LogP contribution in [0.3, 0.4) is 0 Å². The number of H-pyrrole nitrogens is 1. The number of rotatable bonds is 3. The Bertz CT molecular complexity index is 775. The van der Waals surface area contributed by atoms with Gasteiger partial charge in [0.25, 0.3) is 5.91 Å². The summed E-state index contributed by atoms with van der Waals surface area (Å²) in [6.07, 6.45) is 7.17. The van der Waals surface area contributed by atoms with Gasteiger partial charge in [-0.25, -0.2) is 9.37 Å². The summed E-state index contributed by atoms with van der Waals surface area (Å²) < 4.78 is 14.9. The van der Waals surface area contributed by atoms with E-state index < -0.39 is 5.82 Å². The molecule has 0 aromatic carbocycles. The van der Waals surface area contributed by atoms with E-state index in [1.807, 2.05) is 0 Å². The van der Waals surface area contributed by atoms with E-state index in [4.69, 9.17) is 5.73 Å². The predicted molar refractivity (Wildman–Crippen MR) is 86.8 cm³/mol. The zero-order chi connectivity index (χ0) is 16.7. The van der Waals surface area contributed by atoms with Crippen LogP contribution in [0.25, 0.3) is 11.3 Å². The summed E-state index contributed by atoms with van der Waals surface area (Å²) in [7, 11) is 0. The van der Waals surface area contributed by atoms with Gasteiger partial charge >= 0.3 is 0 Å². The van der Waals surface area contributed by atoms with E-state index in [-0.39, 0.29) is 35.9 Å². The van der Waals surface area contributed by atoms with E-state index in [9.17, 15) is 9.18 Å². The topological polar surface area (TPSA) is 109 Å². The third-order valence-corrected chi connectivity index (χ3v) is 4.80. The lowest BCUT2D eigenvalue weighted by Gasteiger charge is -2.30. The van der Waals surface area contributed by atoms with Crippen molar-refractivity contribution in [1.29, 1.82) is 0 Å². The van der Waals surface area contributed by atoms with E-state index >= 15 is 0 Å². The summed E-state index contributed by atoms with van der Waals surface area (Å²) in [4.78, 5) is 16.5. The van der Waals surface area contributed by atoms with Crippen molar-refractivity contribution in [2.45, 2.75) is 44.3 Å². The molecule has 2 unspecified atom stereocenters. The van der Waals surface area contributed by atoms with Crippen LogP contribution >= 0.6 is 0 Å². The number of aromatic nitrogens is 3. The number of hydrogen-bond donors (Lipinski definition) is 4. The van der Waals surface area contributed by atoms with Gasteiger partial charge in [-0.2, -0.15) is 5.10 Å². The normalized spacial score (nSPS) is 23.0. The highest BCUT2D eigenvalue weighted by Gasteiger charge is 2.32. The van der Waals surface area contributed by atoms with Crippen LogP contribution in [0, 0.1) is 5.82 Å². The molecule has 0 radical (unpaired) electrons. The smallest absolute Gasteiger partial charge is 0.254 e. The maximum Gasteiger partial charge on any atom is 0.254 e. The molecule has 24 heavy (non-hydrogen) atoms. The van der Waals surface area contributed by atoms with Gasteiger partial charge in [0.2, 0.25) is 0 Å². The quantitative estimate of drug-likeness (QED) is 0.682. The van der Waals surface area contributed by atoms with E-state index in [1.54, 1.807) is 12.4 Å². The van der Waals surface area contributed by atoms with Crippen LogP contribution in [-0.4, -0.2) is 33.2 Å². The van der Waals surface area contributed by atoms with Crippen molar-refractivity contribution in [2.24, 2.45) is 5.73 Å². The molecule has 1 fully saturated rings. The molecule has 0 saturated heterocycles. The third kappa shape index (κ3) is 2.43. The molecule has 0 bridgehead atoms. The van der Waals surface area contributed by atoms with Crippen molar-refractivity contribution in [2.75, 3.05) is 5.32 Å². The molecular formula is C16H19FN6O. The highest BCUT2D eigenvalue weighted by molar-refractivity contribution is 6.04. The molecule has 2 aliphatic rings. The van der Waals surface area contributed by atoms with Crippen LogP contribution in [0.2, 0.25) is 0 Å². The largest absolute Gasteiger partial charge is 0.363 e. The van der Waals surface area contributed by atoms with Gasteiger partial charge in [-0.1, -0.05) is 12.8 Å². The second kappa shape index (κ2) is 5.86. The number of carbonyl (C=O) groups is 1. The number of hydrogen-bond acceptors (Lipinski definition) is 5. The summed E-state index contributed by atoms with van der Waals surface area (Å²) in [6.45, 7) is 0.165. The number of amides is 1.